The van der Waals surface area contributed by atoms with Gasteiger partial charge in [-0.3, -0.25) is 14.4 Å². The Kier molecular flexibility index (Phi) is 57.4. The molecule has 73 heavy (non-hydrogen) atoms. The van der Waals surface area contributed by atoms with Gasteiger partial charge in [0.2, 0.25) is 0 Å². The number of carbonyl (C=O) groups excluding carboxylic acids is 3. The van der Waals surface area contributed by atoms with Gasteiger partial charge >= 0.3 is 17.9 Å². The van der Waals surface area contributed by atoms with E-state index in [2.05, 4.69) is 130 Å². The summed E-state index contributed by atoms with van der Waals surface area (Å²) in [6, 6.07) is 0. The molecule has 0 aromatic heterocycles. The van der Waals surface area contributed by atoms with Gasteiger partial charge in [0.05, 0.1) is 0 Å². The van der Waals surface area contributed by atoms with E-state index in [9.17, 15) is 14.4 Å². The molecule has 0 saturated heterocycles. The second-order valence-corrected chi connectivity index (χ2v) is 19.9. The van der Waals surface area contributed by atoms with Crippen molar-refractivity contribution in [2.75, 3.05) is 13.2 Å². The van der Waals surface area contributed by atoms with Crippen LogP contribution in [-0.4, -0.2) is 37.2 Å². The topological polar surface area (TPSA) is 78.9 Å². The molecule has 0 rings (SSSR count). The van der Waals surface area contributed by atoms with Crippen LogP contribution in [0.2, 0.25) is 0 Å². The predicted molar refractivity (Wildman–Crippen MR) is 316 cm³/mol. The summed E-state index contributed by atoms with van der Waals surface area (Å²) in [6.45, 7) is 6.50. The summed E-state index contributed by atoms with van der Waals surface area (Å²) in [7, 11) is 0. The highest BCUT2D eigenvalue weighted by molar-refractivity contribution is 5.71. The lowest BCUT2D eigenvalue weighted by molar-refractivity contribution is -0.167. The molecule has 0 spiro atoms. The van der Waals surface area contributed by atoms with Crippen LogP contribution in [0.25, 0.3) is 0 Å². The maximum Gasteiger partial charge on any atom is 0.306 e. The SMILES string of the molecule is CC/C=C\C/C=C\C/C=C\C/C=C\C/C=C\C/C=C\C/C=C\C/C=C\C/C=C\CCCCCCCC(=O)OCC(COC(=O)CCCCCCCCCCCC)OC(=O)CCCCCCCCCCCCCC. The number of hydrogen-bond acceptors (Lipinski definition) is 6. The molecular formula is C67H112O6. The third-order valence-corrected chi connectivity index (χ3v) is 12.8. The summed E-state index contributed by atoms with van der Waals surface area (Å²) in [5.74, 6) is -0.899. The van der Waals surface area contributed by atoms with Gasteiger partial charge in [0.15, 0.2) is 6.10 Å². The van der Waals surface area contributed by atoms with Crippen LogP contribution in [0, 0.1) is 0 Å². The Morgan fingerprint density at radius 2 is 0.534 bits per heavy atom. The van der Waals surface area contributed by atoms with Crippen molar-refractivity contribution in [3.8, 4) is 0 Å². The quantitative estimate of drug-likeness (QED) is 0.0261. The maximum absolute atomic E-state index is 12.8. The summed E-state index contributed by atoms with van der Waals surface area (Å²) >= 11 is 0. The first-order valence-electron chi connectivity index (χ1n) is 30.4. The molecule has 0 heterocycles. The van der Waals surface area contributed by atoms with Crippen molar-refractivity contribution < 1.29 is 28.6 Å². The molecule has 0 saturated carbocycles. The van der Waals surface area contributed by atoms with E-state index < -0.39 is 6.10 Å². The van der Waals surface area contributed by atoms with Crippen molar-refractivity contribution in [1.29, 1.82) is 0 Å². The molecule has 0 aliphatic rings. The third kappa shape index (κ3) is 58.8. The largest absolute Gasteiger partial charge is 0.462 e. The molecule has 0 fully saturated rings. The minimum absolute atomic E-state index is 0.0809. The summed E-state index contributed by atoms with van der Waals surface area (Å²) in [6.07, 6.45) is 82.4. The molecule has 0 radical (unpaired) electrons. The van der Waals surface area contributed by atoms with E-state index in [1.165, 1.54) is 103 Å². The second kappa shape index (κ2) is 60.6. The fraction of sp³-hybridized carbons (Fsp3) is 0.687. The number of rotatable bonds is 54. The van der Waals surface area contributed by atoms with Crippen LogP contribution < -0.4 is 0 Å². The Bertz CT molecular complexity index is 1490. The number of hydrogen-bond donors (Lipinski definition) is 0. The van der Waals surface area contributed by atoms with Crippen LogP contribution in [0.15, 0.2) is 109 Å². The number of allylic oxidation sites excluding steroid dienone is 18. The molecule has 0 aromatic carbocycles. The van der Waals surface area contributed by atoms with E-state index in [1.54, 1.807) is 0 Å². The van der Waals surface area contributed by atoms with E-state index in [4.69, 9.17) is 14.2 Å². The molecule has 0 N–H and O–H groups in total. The first-order chi connectivity index (χ1) is 36.0. The van der Waals surface area contributed by atoms with Gasteiger partial charge in [-0.15, -0.1) is 0 Å². The van der Waals surface area contributed by atoms with Gasteiger partial charge in [-0.25, -0.2) is 0 Å². The summed E-state index contributed by atoms with van der Waals surface area (Å²) in [5, 5.41) is 0. The molecule has 1 unspecified atom stereocenters. The second-order valence-electron chi connectivity index (χ2n) is 19.9. The van der Waals surface area contributed by atoms with Gasteiger partial charge in [-0.1, -0.05) is 278 Å². The summed E-state index contributed by atoms with van der Waals surface area (Å²) in [5.41, 5.74) is 0. The minimum atomic E-state index is -0.782. The fourth-order valence-corrected chi connectivity index (χ4v) is 8.26. The Morgan fingerprint density at radius 1 is 0.288 bits per heavy atom. The van der Waals surface area contributed by atoms with Crippen LogP contribution in [0.5, 0.6) is 0 Å². The van der Waals surface area contributed by atoms with Crippen molar-refractivity contribution in [2.45, 2.75) is 284 Å². The summed E-state index contributed by atoms with van der Waals surface area (Å²) < 4.78 is 16.8. The lowest BCUT2D eigenvalue weighted by Crippen LogP contribution is -2.30. The standard InChI is InChI=1S/C67H112O6/c1-4-7-10-13-16-19-22-24-25-26-27-28-29-30-31-32-33-34-35-36-37-38-39-40-41-42-43-44-46-48-51-54-57-60-66(69)72-63-64(62-71-65(68)59-56-53-50-47-21-18-15-12-9-6-3)73-67(70)61-58-55-52-49-45-23-20-17-14-11-8-5-2/h7,10,16,19,24-25,27-28,30-31,33-34,36-37,39-40,42-43,64H,4-6,8-9,11-15,17-18,20-23,26,29,32,35,38,41,44-63H2,1-3H3/b10-7-,19-16-,25-24-,28-27-,31-30-,34-33-,37-36-,40-39-,43-42-. The van der Waals surface area contributed by atoms with E-state index in [0.717, 1.165) is 135 Å². The molecule has 1 atom stereocenters. The zero-order valence-electron chi connectivity index (χ0n) is 47.6. The highest BCUT2D eigenvalue weighted by Crippen LogP contribution is 2.15. The lowest BCUT2D eigenvalue weighted by atomic mass is 10.0. The van der Waals surface area contributed by atoms with Crippen LogP contribution in [0.1, 0.15) is 278 Å². The number of carbonyl (C=O) groups is 3. The lowest BCUT2D eigenvalue weighted by Gasteiger charge is -2.18. The molecule has 0 aliphatic carbocycles. The van der Waals surface area contributed by atoms with Gasteiger partial charge in [-0.2, -0.15) is 0 Å². The zero-order chi connectivity index (χ0) is 52.9. The molecule has 0 aliphatic heterocycles. The molecule has 6 heteroatoms. The molecule has 416 valence electrons. The van der Waals surface area contributed by atoms with Crippen molar-refractivity contribution in [2.24, 2.45) is 0 Å². The smallest absolute Gasteiger partial charge is 0.306 e. The number of unbranched alkanes of at least 4 members (excludes halogenated alkanes) is 25. The fourth-order valence-electron chi connectivity index (χ4n) is 8.26. The number of ether oxygens (including phenoxy) is 3. The Hall–Kier alpha value is -3.93. The van der Waals surface area contributed by atoms with Crippen molar-refractivity contribution in [1.82, 2.24) is 0 Å². The Morgan fingerprint density at radius 3 is 0.836 bits per heavy atom. The number of esters is 3. The van der Waals surface area contributed by atoms with E-state index >= 15 is 0 Å². The van der Waals surface area contributed by atoms with E-state index in [0.29, 0.717) is 19.3 Å². The van der Waals surface area contributed by atoms with Crippen LogP contribution in [0.4, 0.5) is 0 Å². The molecular weight excluding hydrogens is 901 g/mol. The van der Waals surface area contributed by atoms with E-state index in [1.807, 2.05) is 0 Å². The molecule has 0 bridgehead atoms. The van der Waals surface area contributed by atoms with Gasteiger partial charge in [0.25, 0.3) is 0 Å². The monoisotopic (exact) mass is 1010 g/mol. The Labute approximate surface area is 450 Å². The average Bonchev–Trinajstić information content (AvgIpc) is 3.39. The predicted octanol–water partition coefficient (Wildman–Crippen LogP) is 20.7. The normalized spacial score (nSPS) is 12.9. The van der Waals surface area contributed by atoms with E-state index in [-0.39, 0.29) is 31.1 Å². The van der Waals surface area contributed by atoms with Crippen LogP contribution in [-0.2, 0) is 28.6 Å². The van der Waals surface area contributed by atoms with Crippen molar-refractivity contribution in [3.63, 3.8) is 0 Å². The molecule has 6 nitrogen and oxygen atoms in total. The molecule has 0 amide bonds. The van der Waals surface area contributed by atoms with Gasteiger partial charge in [-0.05, 0) is 89.9 Å². The highest BCUT2D eigenvalue weighted by atomic mass is 16.6. The van der Waals surface area contributed by atoms with Crippen molar-refractivity contribution >= 4 is 17.9 Å². The van der Waals surface area contributed by atoms with Crippen LogP contribution >= 0.6 is 0 Å². The minimum Gasteiger partial charge on any atom is -0.462 e. The highest BCUT2D eigenvalue weighted by Gasteiger charge is 2.19. The van der Waals surface area contributed by atoms with Gasteiger partial charge < -0.3 is 14.2 Å². The van der Waals surface area contributed by atoms with Crippen LogP contribution in [0.3, 0.4) is 0 Å². The first kappa shape index (κ1) is 69.1. The zero-order valence-corrected chi connectivity index (χ0v) is 47.6. The molecule has 0 aromatic rings. The van der Waals surface area contributed by atoms with Gasteiger partial charge in [0.1, 0.15) is 13.2 Å². The Balaban J connectivity index is 4.22. The van der Waals surface area contributed by atoms with Gasteiger partial charge in [0, 0.05) is 19.3 Å². The average molecular weight is 1010 g/mol. The first-order valence-corrected chi connectivity index (χ1v) is 30.4. The summed E-state index contributed by atoms with van der Waals surface area (Å²) in [4.78, 5) is 38.0. The third-order valence-electron chi connectivity index (χ3n) is 12.8. The van der Waals surface area contributed by atoms with Crippen molar-refractivity contribution in [3.05, 3.63) is 109 Å². The maximum atomic E-state index is 12.8.